The fourth-order valence-corrected chi connectivity index (χ4v) is 3.41. The molecule has 0 aromatic carbocycles. The number of hydrogen-bond acceptors (Lipinski definition) is 3. The minimum atomic E-state index is -0.850. The monoisotopic (exact) mass is 326 g/mol. The zero-order valence-corrected chi connectivity index (χ0v) is 15.1. The van der Waals surface area contributed by atoms with Crippen molar-refractivity contribution in [2.45, 2.75) is 91.1 Å². The third-order valence-electron chi connectivity index (χ3n) is 4.86. The van der Waals surface area contributed by atoms with E-state index in [2.05, 4.69) is 20.8 Å². The Kier molecular flexibility index (Phi) is 9.27. The van der Waals surface area contributed by atoms with Crippen molar-refractivity contribution < 1.29 is 19.4 Å². The van der Waals surface area contributed by atoms with Crippen LogP contribution in [-0.4, -0.2) is 23.1 Å². The maximum absolute atomic E-state index is 12.5. The third-order valence-corrected chi connectivity index (χ3v) is 4.86. The van der Waals surface area contributed by atoms with E-state index in [0.717, 1.165) is 51.4 Å². The largest absolute Gasteiger partial charge is 0.481 e. The number of rotatable bonds is 10. The lowest BCUT2D eigenvalue weighted by Crippen LogP contribution is -2.35. The second-order valence-electron chi connectivity index (χ2n) is 7.36. The Labute approximate surface area is 141 Å². The lowest BCUT2D eigenvalue weighted by Gasteiger charge is -2.29. The van der Waals surface area contributed by atoms with Gasteiger partial charge in [-0.05, 0) is 38.0 Å². The van der Waals surface area contributed by atoms with Gasteiger partial charge in [-0.1, -0.05) is 52.9 Å². The Balaban J connectivity index is 2.57. The fraction of sp³-hybridized carbons (Fsp3) is 0.895. The number of carbonyl (C=O) groups excluding carboxylic acids is 1. The molecular weight excluding hydrogens is 292 g/mol. The van der Waals surface area contributed by atoms with Crippen molar-refractivity contribution in [3.63, 3.8) is 0 Å². The lowest BCUT2D eigenvalue weighted by atomic mass is 9.79. The Bertz CT molecular complexity index is 364. The average Bonchev–Trinajstić information content (AvgIpc) is 2.51. The number of carbonyl (C=O) groups is 2. The van der Waals surface area contributed by atoms with E-state index in [1.165, 1.54) is 0 Å². The highest BCUT2D eigenvalue weighted by atomic mass is 16.5. The van der Waals surface area contributed by atoms with Gasteiger partial charge in [-0.2, -0.15) is 0 Å². The predicted molar refractivity (Wildman–Crippen MR) is 91.2 cm³/mol. The van der Waals surface area contributed by atoms with Crippen LogP contribution in [-0.2, 0) is 14.3 Å². The summed E-state index contributed by atoms with van der Waals surface area (Å²) < 4.78 is 5.75. The van der Waals surface area contributed by atoms with Crippen LogP contribution in [0.3, 0.4) is 0 Å². The van der Waals surface area contributed by atoms with Gasteiger partial charge in [-0.15, -0.1) is 0 Å². The molecule has 3 unspecified atom stereocenters. The highest BCUT2D eigenvalue weighted by Crippen LogP contribution is 2.32. The molecule has 1 N–H and O–H groups in total. The summed E-state index contributed by atoms with van der Waals surface area (Å²) in [7, 11) is 0. The van der Waals surface area contributed by atoms with Gasteiger partial charge < -0.3 is 9.84 Å². The van der Waals surface area contributed by atoms with Crippen LogP contribution in [0.15, 0.2) is 0 Å². The number of unbranched alkanes of at least 4 members (excludes halogenated alkanes) is 1. The molecule has 0 amide bonds. The Morgan fingerprint density at radius 1 is 1.04 bits per heavy atom. The Hall–Kier alpha value is -1.06. The van der Waals surface area contributed by atoms with Gasteiger partial charge in [0, 0.05) is 0 Å². The maximum Gasteiger partial charge on any atom is 0.310 e. The molecule has 4 nitrogen and oxygen atoms in total. The SMILES string of the molecule is CCCCC(CCCC(C)C)OC(=O)C1CCCCC1C(=O)O. The van der Waals surface area contributed by atoms with Crippen LogP contribution in [0.2, 0.25) is 0 Å². The molecule has 23 heavy (non-hydrogen) atoms. The molecule has 0 spiro atoms. The molecule has 3 atom stereocenters. The summed E-state index contributed by atoms with van der Waals surface area (Å²) >= 11 is 0. The molecule has 0 radical (unpaired) electrons. The molecule has 0 aromatic heterocycles. The summed E-state index contributed by atoms with van der Waals surface area (Å²) in [6, 6.07) is 0. The smallest absolute Gasteiger partial charge is 0.310 e. The number of carboxylic acid groups (broad SMARTS) is 1. The van der Waals surface area contributed by atoms with E-state index in [0.29, 0.717) is 18.8 Å². The van der Waals surface area contributed by atoms with Crippen LogP contribution in [0.4, 0.5) is 0 Å². The normalized spacial score (nSPS) is 22.8. The van der Waals surface area contributed by atoms with Gasteiger partial charge in [0.2, 0.25) is 0 Å². The van der Waals surface area contributed by atoms with Crippen LogP contribution < -0.4 is 0 Å². The van der Waals surface area contributed by atoms with Crippen LogP contribution in [0.5, 0.6) is 0 Å². The number of aliphatic carboxylic acids is 1. The summed E-state index contributed by atoms with van der Waals surface area (Å²) in [5, 5.41) is 9.33. The molecule has 0 saturated heterocycles. The number of ether oxygens (including phenoxy) is 1. The van der Waals surface area contributed by atoms with Crippen molar-refractivity contribution in [1.29, 1.82) is 0 Å². The number of hydrogen-bond donors (Lipinski definition) is 1. The molecule has 0 bridgehead atoms. The van der Waals surface area contributed by atoms with E-state index >= 15 is 0 Å². The second-order valence-corrected chi connectivity index (χ2v) is 7.36. The number of esters is 1. The quantitative estimate of drug-likeness (QED) is 0.585. The first-order valence-electron chi connectivity index (χ1n) is 9.39. The highest BCUT2D eigenvalue weighted by Gasteiger charge is 2.37. The van der Waals surface area contributed by atoms with Crippen LogP contribution >= 0.6 is 0 Å². The average molecular weight is 326 g/mol. The molecule has 1 saturated carbocycles. The molecule has 1 aliphatic rings. The lowest BCUT2D eigenvalue weighted by molar-refractivity contribution is -0.164. The minimum absolute atomic E-state index is 0.0439. The van der Waals surface area contributed by atoms with E-state index in [-0.39, 0.29) is 12.1 Å². The zero-order chi connectivity index (χ0) is 17.2. The molecule has 1 rings (SSSR count). The third kappa shape index (κ3) is 7.36. The topological polar surface area (TPSA) is 63.6 Å². The Morgan fingerprint density at radius 2 is 1.65 bits per heavy atom. The molecule has 134 valence electrons. The van der Waals surface area contributed by atoms with Crippen molar-refractivity contribution in [2.75, 3.05) is 0 Å². The summed E-state index contributed by atoms with van der Waals surface area (Å²) in [5.41, 5.74) is 0. The van der Waals surface area contributed by atoms with Gasteiger partial charge in [0.15, 0.2) is 0 Å². The molecular formula is C19H34O4. The van der Waals surface area contributed by atoms with E-state index in [4.69, 9.17) is 4.74 Å². The molecule has 0 aliphatic heterocycles. The summed E-state index contributed by atoms with van der Waals surface area (Å²) in [6.45, 7) is 6.54. The Morgan fingerprint density at radius 3 is 2.22 bits per heavy atom. The molecule has 0 heterocycles. The van der Waals surface area contributed by atoms with Crippen LogP contribution in [0.1, 0.15) is 85.0 Å². The number of carboxylic acids is 1. The van der Waals surface area contributed by atoms with Gasteiger partial charge in [0.1, 0.15) is 6.10 Å². The molecule has 4 heteroatoms. The van der Waals surface area contributed by atoms with Crippen molar-refractivity contribution in [1.82, 2.24) is 0 Å². The summed E-state index contributed by atoms with van der Waals surface area (Å²) in [5.74, 6) is -1.47. The summed E-state index contributed by atoms with van der Waals surface area (Å²) in [4.78, 5) is 23.9. The van der Waals surface area contributed by atoms with Gasteiger partial charge >= 0.3 is 11.9 Å². The van der Waals surface area contributed by atoms with E-state index in [1.54, 1.807) is 0 Å². The van der Waals surface area contributed by atoms with Crippen molar-refractivity contribution in [3.05, 3.63) is 0 Å². The van der Waals surface area contributed by atoms with E-state index in [1.807, 2.05) is 0 Å². The van der Waals surface area contributed by atoms with Crippen LogP contribution in [0, 0.1) is 17.8 Å². The standard InChI is InChI=1S/C19H34O4/c1-4-5-10-15(11-8-9-14(2)3)23-19(22)17-13-7-6-12-16(17)18(20)21/h14-17H,4-13H2,1-3H3,(H,20,21). The van der Waals surface area contributed by atoms with Crippen LogP contribution in [0.25, 0.3) is 0 Å². The van der Waals surface area contributed by atoms with Gasteiger partial charge in [0.25, 0.3) is 0 Å². The molecule has 0 aromatic rings. The fourth-order valence-electron chi connectivity index (χ4n) is 3.41. The minimum Gasteiger partial charge on any atom is -0.481 e. The van der Waals surface area contributed by atoms with Crippen molar-refractivity contribution in [2.24, 2.45) is 17.8 Å². The first-order chi connectivity index (χ1) is 11.0. The van der Waals surface area contributed by atoms with Gasteiger partial charge in [0.05, 0.1) is 11.8 Å². The second kappa shape index (κ2) is 10.7. The predicted octanol–water partition coefficient (Wildman–Crippen LogP) is 4.81. The van der Waals surface area contributed by atoms with Gasteiger partial charge in [-0.3, -0.25) is 9.59 Å². The highest BCUT2D eigenvalue weighted by molar-refractivity contribution is 5.81. The van der Waals surface area contributed by atoms with Gasteiger partial charge in [-0.25, -0.2) is 0 Å². The molecule has 1 aliphatic carbocycles. The zero-order valence-electron chi connectivity index (χ0n) is 15.1. The maximum atomic E-state index is 12.5. The first kappa shape index (κ1) is 20.0. The molecule has 1 fully saturated rings. The van der Waals surface area contributed by atoms with Crippen molar-refractivity contribution >= 4 is 11.9 Å². The van der Waals surface area contributed by atoms with Crippen molar-refractivity contribution in [3.8, 4) is 0 Å². The first-order valence-corrected chi connectivity index (χ1v) is 9.39. The summed E-state index contributed by atoms with van der Waals surface area (Å²) in [6.07, 6.45) is 9.16. The van der Waals surface area contributed by atoms with E-state index < -0.39 is 17.8 Å². The van der Waals surface area contributed by atoms with E-state index in [9.17, 15) is 14.7 Å².